The number of anilines is 1. The minimum atomic E-state index is -0.0642. The number of halogens is 1. The van der Waals surface area contributed by atoms with Crippen LogP contribution in [0.2, 0.25) is 0 Å². The van der Waals surface area contributed by atoms with Crippen molar-refractivity contribution in [2.24, 2.45) is 0 Å². The van der Waals surface area contributed by atoms with E-state index in [1.165, 1.54) is 0 Å². The van der Waals surface area contributed by atoms with Crippen molar-refractivity contribution in [1.82, 2.24) is 9.88 Å². The first-order chi connectivity index (χ1) is 9.06. The topological polar surface area (TPSA) is 59.2 Å². The van der Waals surface area contributed by atoms with Crippen molar-refractivity contribution in [3.05, 3.63) is 58.3 Å². The smallest absolute Gasteiger partial charge is 0.255 e. The third-order valence-electron chi connectivity index (χ3n) is 2.70. The maximum absolute atomic E-state index is 12.2. The normalized spacial score (nSPS) is 10.2. The van der Waals surface area contributed by atoms with Gasteiger partial charge in [-0.3, -0.25) is 9.78 Å². The number of carbonyl (C=O) groups excluding carboxylic acids is 1. The van der Waals surface area contributed by atoms with Gasteiger partial charge >= 0.3 is 0 Å². The van der Waals surface area contributed by atoms with Gasteiger partial charge in [0.05, 0.1) is 5.56 Å². The molecule has 0 aliphatic carbocycles. The second-order valence-corrected chi connectivity index (χ2v) is 5.21. The number of rotatable bonds is 3. The number of hydrogen-bond acceptors (Lipinski definition) is 3. The zero-order valence-electron chi connectivity index (χ0n) is 10.5. The van der Waals surface area contributed by atoms with E-state index in [1.807, 2.05) is 24.3 Å². The van der Waals surface area contributed by atoms with Crippen LogP contribution >= 0.6 is 15.9 Å². The highest BCUT2D eigenvalue weighted by atomic mass is 79.9. The predicted octanol–water partition coefficient (Wildman–Crippen LogP) is 2.70. The Kier molecular flexibility index (Phi) is 4.16. The Bertz CT molecular complexity index is 583. The molecular formula is C14H14BrN3O. The fourth-order valence-electron chi connectivity index (χ4n) is 1.72. The van der Waals surface area contributed by atoms with Gasteiger partial charge in [-0.05, 0) is 39.7 Å². The lowest BCUT2D eigenvalue weighted by Crippen LogP contribution is -2.26. The van der Waals surface area contributed by atoms with E-state index in [-0.39, 0.29) is 5.91 Å². The van der Waals surface area contributed by atoms with Crippen molar-refractivity contribution < 1.29 is 4.79 Å². The molecule has 1 aromatic carbocycles. The molecule has 1 amide bonds. The van der Waals surface area contributed by atoms with Gasteiger partial charge in [0.1, 0.15) is 0 Å². The van der Waals surface area contributed by atoms with Crippen molar-refractivity contribution in [2.75, 3.05) is 12.8 Å². The number of nitrogens with zero attached hydrogens (tertiary/aromatic N) is 2. The first-order valence-electron chi connectivity index (χ1n) is 5.76. The summed E-state index contributed by atoms with van der Waals surface area (Å²) in [6.45, 7) is 0.533. The lowest BCUT2D eigenvalue weighted by atomic mass is 10.2. The molecule has 0 aliphatic rings. The van der Waals surface area contributed by atoms with Gasteiger partial charge in [0.15, 0.2) is 0 Å². The monoisotopic (exact) mass is 319 g/mol. The quantitative estimate of drug-likeness (QED) is 0.885. The largest absolute Gasteiger partial charge is 0.399 e. The number of benzene rings is 1. The summed E-state index contributed by atoms with van der Waals surface area (Å²) in [6, 6.07) is 9.24. The first-order valence-corrected chi connectivity index (χ1v) is 6.56. The van der Waals surface area contributed by atoms with Crippen LogP contribution in [-0.2, 0) is 6.54 Å². The lowest BCUT2D eigenvalue weighted by Gasteiger charge is -2.17. The molecule has 0 aliphatic heterocycles. The van der Waals surface area contributed by atoms with Crippen LogP contribution in [0, 0.1) is 0 Å². The molecule has 4 nitrogen and oxygen atoms in total. The second kappa shape index (κ2) is 5.84. The Hall–Kier alpha value is -1.88. The number of carbonyl (C=O) groups is 1. The Balaban J connectivity index is 2.09. The van der Waals surface area contributed by atoms with Crippen molar-refractivity contribution in [1.29, 1.82) is 0 Å². The number of nitrogen functional groups attached to an aromatic ring is 1. The zero-order valence-corrected chi connectivity index (χ0v) is 12.1. The van der Waals surface area contributed by atoms with Crippen LogP contribution in [0.25, 0.3) is 0 Å². The minimum absolute atomic E-state index is 0.0642. The van der Waals surface area contributed by atoms with Gasteiger partial charge < -0.3 is 10.6 Å². The van der Waals surface area contributed by atoms with Gasteiger partial charge in [0.25, 0.3) is 5.91 Å². The van der Waals surface area contributed by atoms with E-state index in [2.05, 4.69) is 20.9 Å². The summed E-state index contributed by atoms with van der Waals surface area (Å²) in [5, 5.41) is 0. The first kappa shape index (κ1) is 13.5. The van der Waals surface area contributed by atoms with Crippen LogP contribution in [0.1, 0.15) is 15.9 Å². The third-order valence-corrected chi connectivity index (χ3v) is 3.13. The van der Waals surface area contributed by atoms with E-state index >= 15 is 0 Å². The molecule has 0 bridgehead atoms. The molecule has 0 fully saturated rings. The molecule has 1 heterocycles. The Morgan fingerprint density at radius 3 is 2.63 bits per heavy atom. The Morgan fingerprint density at radius 1 is 1.32 bits per heavy atom. The molecule has 5 heteroatoms. The maximum Gasteiger partial charge on any atom is 0.255 e. The van der Waals surface area contributed by atoms with Crippen molar-refractivity contribution in [2.45, 2.75) is 6.54 Å². The highest BCUT2D eigenvalue weighted by Gasteiger charge is 2.12. The van der Waals surface area contributed by atoms with E-state index in [1.54, 1.807) is 30.4 Å². The summed E-state index contributed by atoms with van der Waals surface area (Å²) in [7, 11) is 1.76. The molecule has 1 aromatic heterocycles. The standard InChI is InChI=1S/C14H14BrN3O/c1-18(9-10-2-4-13(16)5-3-10)14(19)11-6-12(15)8-17-7-11/h2-8H,9,16H2,1H3. The third kappa shape index (κ3) is 3.54. The van der Waals surface area contributed by atoms with Crippen LogP contribution in [0.5, 0.6) is 0 Å². The van der Waals surface area contributed by atoms with Crippen molar-refractivity contribution >= 4 is 27.5 Å². The van der Waals surface area contributed by atoms with Gasteiger partial charge in [0, 0.05) is 36.1 Å². The molecule has 0 radical (unpaired) electrons. The molecule has 0 saturated heterocycles. The molecule has 98 valence electrons. The number of pyridine rings is 1. The number of aromatic nitrogens is 1. The highest BCUT2D eigenvalue weighted by Crippen LogP contribution is 2.13. The minimum Gasteiger partial charge on any atom is -0.399 e. The highest BCUT2D eigenvalue weighted by molar-refractivity contribution is 9.10. The number of amides is 1. The summed E-state index contributed by atoms with van der Waals surface area (Å²) in [5.74, 6) is -0.0642. The molecular weight excluding hydrogens is 306 g/mol. The second-order valence-electron chi connectivity index (χ2n) is 4.29. The lowest BCUT2D eigenvalue weighted by molar-refractivity contribution is 0.0784. The van der Waals surface area contributed by atoms with E-state index < -0.39 is 0 Å². The van der Waals surface area contributed by atoms with Crippen molar-refractivity contribution in [3.8, 4) is 0 Å². The molecule has 2 rings (SSSR count). The number of nitrogens with two attached hydrogens (primary N) is 1. The fourth-order valence-corrected chi connectivity index (χ4v) is 2.08. The molecule has 0 spiro atoms. The Morgan fingerprint density at radius 2 is 2.00 bits per heavy atom. The van der Waals surface area contributed by atoms with E-state index in [9.17, 15) is 4.79 Å². The van der Waals surface area contributed by atoms with Gasteiger partial charge in [-0.25, -0.2) is 0 Å². The number of hydrogen-bond donors (Lipinski definition) is 1. The van der Waals surface area contributed by atoms with E-state index in [0.29, 0.717) is 17.8 Å². The molecule has 2 N–H and O–H groups in total. The average molecular weight is 320 g/mol. The predicted molar refractivity (Wildman–Crippen MR) is 78.6 cm³/mol. The maximum atomic E-state index is 12.2. The molecule has 19 heavy (non-hydrogen) atoms. The molecule has 2 aromatic rings. The summed E-state index contributed by atoms with van der Waals surface area (Å²) in [6.07, 6.45) is 3.21. The van der Waals surface area contributed by atoms with Crippen LogP contribution in [-0.4, -0.2) is 22.8 Å². The SMILES string of the molecule is CN(Cc1ccc(N)cc1)C(=O)c1cncc(Br)c1. The molecule has 0 saturated carbocycles. The van der Waals surface area contributed by atoms with E-state index in [4.69, 9.17) is 5.73 Å². The fraction of sp³-hybridized carbons (Fsp3) is 0.143. The molecule has 0 atom stereocenters. The van der Waals surface area contributed by atoms with Crippen LogP contribution < -0.4 is 5.73 Å². The van der Waals surface area contributed by atoms with Gasteiger partial charge in [-0.15, -0.1) is 0 Å². The summed E-state index contributed by atoms with van der Waals surface area (Å²) in [5.41, 5.74) is 7.95. The molecule has 0 unspecified atom stereocenters. The average Bonchev–Trinajstić information content (AvgIpc) is 2.40. The Labute approximate surface area is 120 Å². The summed E-state index contributed by atoms with van der Waals surface area (Å²) in [4.78, 5) is 17.9. The van der Waals surface area contributed by atoms with Gasteiger partial charge in [0.2, 0.25) is 0 Å². The van der Waals surface area contributed by atoms with Crippen molar-refractivity contribution in [3.63, 3.8) is 0 Å². The van der Waals surface area contributed by atoms with E-state index in [0.717, 1.165) is 10.0 Å². The summed E-state index contributed by atoms with van der Waals surface area (Å²) < 4.78 is 0.791. The zero-order chi connectivity index (χ0) is 13.8. The summed E-state index contributed by atoms with van der Waals surface area (Å²) >= 11 is 3.31. The van der Waals surface area contributed by atoms with Gasteiger partial charge in [-0.2, -0.15) is 0 Å². The van der Waals surface area contributed by atoms with Crippen LogP contribution in [0.3, 0.4) is 0 Å². The van der Waals surface area contributed by atoms with Gasteiger partial charge in [-0.1, -0.05) is 12.1 Å². The van der Waals surface area contributed by atoms with Crippen LogP contribution in [0.4, 0.5) is 5.69 Å². The van der Waals surface area contributed by atoms with Crippen LogP contribution in [0.15, 0.2) is 47.2 Å².